The minimum atomic E-state index is -0.376. The van der Waals surface area contributed by atoms with E-state index in [0.717, 1.165) is 52.8 Å². The number of anilines is 1. The molecular weight excluding hydrogens is 356 g/mol. The summed E-state index contributed by atoms with van der Waals surface area (Å²) in [5, 5.41) is 17.8. The second kappa shape index (κ2) is 6.83. The summed E-state index contributed by atoms with van der Waals surface area (Å²) >= 11 is 0. The number of aliphatic hydroxyl groups excluding tert-OH is 1. The molecule has 0 aliphatic carbocycles. The fourth-order valence-electron chi connectivity index (χ4n) is 3.94. The van der Waals surface area contributed by atoms with Crippen LogP contribution in [0.5, 0.6) is 11.5 Å². The molecule has 0 bridgehead atoms. The van der Waals surface area contributed by atoms with Crippen molar-refractivity contribution in [3.8, 4) is 22.8 Å². The number of ether oxygens (including phenoxy) is 2. The first kappa shape index (κ1) is 17.1. The molecule has 0 saturated carbocycles. The molecule has 7 nitrogen and oxygen atoms in total. The van der Waals surface area contributed by atoms with Crippen LogP contribution in [0, 0.1) is 12.8 Å². The molecule has 28 heavy (non-hydrogen) atoms. The number of hydrogen-bond acceptors (Lipinski definition) is 6. The summed E-state index contributed by atoms with van der Waals surface area (Å²) in [6.45, 7) is 3.65. The number of H-pyrrole nitrogens is 1. The molecule has 2 N–H and O–H groups in total. The zero-order chi connectivity index (χ0) is 19.1. The van der Waals surface area contributed by atoms with Crippen LogP contribution in [0.3, 0.4) is 0 Å². The maximum absolute atomic E-state index is 10.6. The van der Waals surface area contributed by atoms with E-state index in [9.17, 15) is 5.11 Å². The van der Waals surface area contributed by atoms with Gasteiger partial charge in [0.05, 0.1) is 17.5 Å². The summed E-state index contributed by atoms with van der Waals surface area (Å²) in [6, 6.07) is 11.9. The molecule has 1 saturated heterocycles. The molecule has 3 aromatic rings. The zero-order valence-corrected chi connectivity index (χ0v) is 15.6. The maximum atomic E-state index is 10.6. The predicted molar refractivity (Wildman–Crippen MR) is 105 cm³/mol. The minimum Gasteiger partial charge on any atom is -0.454 e. The van der Waals surface area contributed by atoms with Gasteiger partial charge in [0.15, 0.2) is 11.5 Å². The van der Waals surface area contributed by atoms with Crippen LogP contribution in [-0.4, -0.2) is 46.3 Å². The number of benzene rings is 1. The van der Waals surface area contributed by atoms with Crippen LogP contribution < -0.4 is 14.4 Å². The number of aromatic amines is 1. The van der Waals surface area contributed by atoms with Crippen molar-refractivity contribution in [3.63, 3.8) is 0 Å². The van der Waals surface area contributed by atoms with Crippen molar-refractivity contribution in [2.75, 3.05) is 24.8 Å². The highest BCUT2D eigenvalue weighted by atomic mass is 16.7. The Labute approximate surface area is 162 Å². The Hall–Kier alpha value is -3.06. The number of β-amino-alcohol motifs (C(OH)–C–C–N with tert-alkyl or cyclic N) is 1. The van der Waals surface area contributed by atoms with Crippen LogP contribution in [0.2, 0.25) is 0 Å². The number of aromatic nitrogens is 3. The van der Waals surface area contributed by atoms with Gasteiger partial charge < -0.3 is 19.5 Å². The Morgan fingerprint density at radius 2 is 2.04 bits per heavy atom. The summed E-state index contributed by atoms with van der Waals surface area (Å²) in [7, 11) is 0. The maximum Gasteiger partial charge on any atom is 0.231 e. The van der Waals surface area contributed by atoms with E-state index in [4.69, 9.17) is 9.47 Å². The largest absolute Gasteiger partial charge is 0.454 e. The number of aryl methyl sites for hydroxylation is 1. The Morgan fingerprint density at radius 3 is 2.89 bits per heavy atom. The van der Waals surface area contributed by atoms with E-state index in [2.05, 4.69) is 26.1 Å². The number of fused-ring (bicyclic) bond motifs is 1. The highest BCUT2D eigenvalue weighted by Crippen LogP contribution is 2.36. The first-order valence-corrected chi connectivity index (χ1v) is 9.46. The molecule has 0 unspecified atom stereocenters. The van der Waals surface area contributed by atoms with E-state index < -0.39 is 0 Å². The molecule has 4 heterocycles. The average molecular weight is 378 g/mol. The van der Waals surface area contributed by atoms with Gasteiger partial charge >= 0.3 is 0 Å². The van der Waals surface area contributed by atoms with E-state index in [-0.39, 0.29) is 18.8 Å². The Morgan fingerprint density at radius 1 is 1.14 bits per heavy atom. The Kier molecular flexibility index (Phi) is 4.16. The zero-order valence-electron chi connectivity index (χ0n) is 15.6. The molecule has 1 aromatic carbocycles. The van der Waals surface area contributed by atoms with Crippen molar-refractivity contribution in [1.82, 2.24) is 15.2 Å². The smallest absolute Gasteiger partial charge is 0.231 e. The number of nitrogens with zero attached hydrogens (tertiary/aromatic N) is 3. The van der Waals surface area contributed by atoms with E-state index in [1.54, 1.807) is 0 Å². The van der Waals surface area contributed by atoms with E-state index in [1.807, 2.05) is 43.5 Å². The lowest BCUT2D eigenvalue weighted by Crippen LogP contribution is -2.21. The average Bonchev–Trinajstić information content (AvgIpc) is 3.42. The molecule has 0 radical (unpaired) electrons. The lowest BCUT2D eigenvalue weighted by atomic mass is 10.0. The highest BCUT2D eigenvalue weighted by Gasteiger charge is 2.32. The first-order chi connectivity index (χ1) is 13.7. The van der Waals surface area contributed by atoms with E-state index in [0.29, 0.717) is 6.54 Å². The lowest BCUT2D eigenvalue weighted by Gasteiger charge is -2.19. The third-order valence-corrected chi connectivity index (χ3v) is 5.41. The van der Waals surface area contributed by atoms with Gasteiger partial charge in [-0.3, -0.25) is 10.1 Å². The molecule has 144 valence electrons. The molecule has 1 fully saturated rings. The van der Waals surface area contributed by atoms with Crippen LogP contribution >= 0.6 is 0 Å². The second-order valence-electron chi connectivity index (χ2n) is 7.45. The van der Waals surface area contributed by atoms with Gasteiger partial charge in [0, 0.05) is 42.1 Å². The summed E-state index contributed by atoms with van der Waals surface area (Å²) in [5.74, 6) is 1.67. The topological polar surface area (TPSA) is 83.5 Å². The number of nitrogens with one attached hydrogen (secondary N) is 1. The summed E-state index contributed by atoms with van der Waals surface area (Å²) in [5.41, 5.74) is 4.95. The van der Waals surface area contributed by atoms with Gasteiger partial charge in [-0.05, 0) is 49.7 Å². The lowest BCUT2D eigenvalue weighted by molar-refractivity contribution is 0.148. The van der Waals surface area contributed by atoms with E-state index in [1.165, 1.54) is 0 Å². The van der Waals surface area contributed by atoms with Crippen LogP contribution in [0.4, 0.5) is 5.69 Å². The fraction of sp³-hybridized carbons (Fsp3) is 0.333. The van der Waals surface area contributed by atoms with Crippen LogP contribution in [-0.2, 0) is 6.42 Å². The van der Waals surface area contributed by atoms with Crippen LogP contribution in [0.1, 0.15) is 11.4 Å². The molecule has 7 heteroatoms. The number of aliphatic hydroxyl groups is 1. The van der Waals surface area contributed by atoms with Gasteiger partial charge in [-0.2, -0.15) is 5.10 Å². The summed E-state index contributed by atoms with van der Waals surface area (Å²) < 4.78 is 10.9. The molecular formula is C21H22N4O3. The van der Waals surface area contributed by atoms with Gasteiger partial charge in [0.25, 0.3) is 0 Å². The van der Waals surface area contributed by atoms with Gasteiger partial charge in [-0.15, -0.1) is 0 Å². The van der Waals surface area contributed by atoms with Crippen molar-refractivity contribution in [2.45, 2.75) is 19.4 Å². The third kappa shape index (κ3) is 3.18. The summed E-state index contributed by atoms with van der Waals surface area (Å²) in [6.07, 6.45) is 2.20. The normalized spacial score (nSPS) is 20.7. The quantitative estimate of drug-likeness (QED) is 0.726. The minimum absolute atomic E-state index is 0.157. The fourth-order valence-corrected chi connectivity index (χ4v) is 3.94. The number of hydrogen-bond donors (Lipinski definition) is 2. The standard InChI is InChI=1S/C21H22N4O3/c1-13-6-16(24-23-13)7-15-10-25(11-19(15)26)17-4-5-22-18(9-17)14-2-3-20-21(8-14)28-12-27-20/h2-6,8-9,15,19,26H,7,10-12H2,1H3,(H,23,24)/t15-,19-/m1/s1. The van der Waals surface area contributed by atoms with Crippen molar-refractivity contribution >= 4 is 5.69 Å². The SMILES string of the molecule is Cc1cc(C[C@@H]2CN(c3ccnc(-c4ccc5c(c4)OCO5)c3)C[C@H]2O)n[nH]1. The van der Waals surface area contributed by atoms with Gasteiger partial charge in [-0.25, -0.2) is 0 Å². The van der Waals surface area contributed by atoms with Crippen LogP contribution in [0.15, 0.2) is 42.6 Å². The predicted octanol–water partition coefficient (Wildman–Crippen LogP) is 2.55. The monoisotopic (exact) mass is 378 g/mol. The Bertz CT molecular complexity index is 1000. The van der Waals surface area contributed by atoms with Crippen molar-refractivity contribution in [3.05, 3.63) is 54.0 Å². The van der Waals surface area contributed by atoms with Crippen molar-refractivity contribution < 1.29 is 14.6 Å². The van der Waals surface area contributed by atoms with Gasteiger partial charge in [0.2, 0.25) is 6.79 Å². The van der Waals surface area contributed by atoms with Crippen LogP contribution in [0.25, 0.3) is 11.3 Å². The van der Waals surface area contributed by atoms with Crippen molar-refractivity contribution in [2.24, 2.45) is 5.92 Å². The third-order valence-electron chi connectivity index (χ3n) is 5.41. The van der Waals surface area contributed by atoms with Gasteiger partial charge in [-0.1, -0.05) is 0 Å². The molecule has 2 aliphatic rings. The van der Waals surface area contributed by atoms with Gasteiger partial charge in [0.1, 0.15) is 0 Å². The number of rotatable bonds is 4. The molecule has 2 aliphatic heterocycles. The molecule has 5 rings (SSSR count). The number of pyridine rings is 1. The molecule has 0 spiro atoms. The molecule has 0 amide bonds. The second-order valence-corrected chi connectivity index (χ2v) is 7.45. The molecule has 2 atom stereocenters. The molecule has 2 aromatic heterocycles. The first-order valence-electron chi connectivity index (χ1n) is 9.46. The highest BCUT2D eigenvalue weighted by molar-refractivity contribution is 5.68. The van der Waals surface area contributed by atoms with Crippen molar-refractivity contribution in [1.29, 1.82) is 0 Å². The summed E-state index contributed by atoms with van der Waals surface area (Å²) in [4.78, 5) is 6.73. The van der Waals surface area contributed by atoms with E-state index >= 15 is 0 Å². The Balaban J connectivity index is 1.35.